The number of carbonyl (C=O) groups excluding carboxylic acids is 1. The van der Waals surface area contributed by atoms with Crippen LogP contribution in [0.3, 0.4) is 0 Å². The molecule has 2 aromatic heterocycles. The molecule has 3 N–H and O–H groups in total. The Morgan fingerprint density at radius 1 is 1.58 bits per heavy atom. The maximum absolute atomic E-state index is 11.6. The SMILES string of the molecule is CCc1nc(C(=O)OC)c(N)n1Cc1cn[nH]c1C. The number of anilines is 1. The van der Waals surface area contributed by atoms with Crippen molar-refractivity contribution in [3.8, 4) is 0 Å². The van der Waals surface area contributed by atoms with Crippen molar-refractivity contribution in [2.45, 2.75) is 26.8 Å². The fourth-order valence-corrected chi connectivity index (χ4v) is 1.91. The van der Waals surface area contributed by atoms with Gasteiger partial charge in [-0.2, -0.15) is 5.10 Å². The minimum absolute atomic E-state index is 0.167. The lowest BCUT2D eigenvalue weighted by Gasteiger charge is -2.08. The number of nitrogens with two attached hydrogens (primary N) is 1. The lowest BCUT2D eigenvalue weighted by molar-refractivity contribution is 0.0595. The highest BCUT2D eigenvalue weighted by molar-refractivity contribution is 5.92. The average Bonchev–Trinajstić information content (AvgIpc) is 2.95. The largest absolute Gasteiger partial charge is 0.464 e. The minimum Gasteiger partial charge on any atom is -0.464 e. The molecule has 0 atom stereocenters. The Hall–Kier alpha value is -2.31. The molecule has 0 unspecified atom stereocenters. The maximum atomic E-state index is 11.6. The smallest absolute Gasteiger partial charge is 0.360 e. The molecule has 102 valence electrons. The summed E-state index contributed by atoms with van der Waals surface area (Å²) >= 11 is 0. The molecule has 0 aliphatic rings. The number of aromatic nitrogens is 4. The molecule has 7 heteroatoms. The molecule has 0 aliphatic heterocycles. The van der Waals surface area contributed by atoms with Crippen molar-refractivity contribution in [1.82, 2.24) is 19.7 Å². The van der Waals surface area contributed by atoms with E-state index in [9.17, 15) is 4.79 Å². The molecular formula is C12H17N5O2. The van der Waals surface area contributed by atoms with E-state index >= 15 is 0 Å². The lowest BCUT2D eigenvalue weighted by atomic mass is 10.2. The summed E-state index contributed by atoms with van der Waals surface area (Å²) < 4.78 is 6.49. The Balaban J connectivity index is 2.42. The first-order valence-corrected chi connectivity index (χ1v) is 6.00. The van der Waals surface area contributed by atoms with Gasteiger partial charge in [-0.1, -0.05) is 6.92 Å². The van der Waals surface area contributed by atoms with Crippen molar-refractivity contribution in [3.63, 3.8) is 0 Å². The Bertz CT molecular complexity index is 599. The van der Waals surface area contributed by atoms with E-state index in [0.717, 1.165) is 17.1 Å². The van der Waals surface area contributed by atoms with Crippen molar-refractivity contribution in [2.75, 3.05) is 12.8 Å². The van der Waals surface area contributed by atoms with E-state index in [0.29, 0.717) is 18.8 Å². The van der Waals surface area contributed by atoms with Crippen LogP contribution < -0.4 is 5.73 Å². The second kappa shape index (κ2) is 5.13. The molecule has 0 saturated heterocycles. The third-order valence-electron chi connectivity index (χ3n) is 3.04. The molecule has 2 rings (SSSR count). The molecule has 19 heavy (non-hydrogen) atoms. The van der Waals surface area contributed by atoms with Crippen LogP contribution in [0.15, 0.2) is 6.20 Å². The fourth-order valence-electron chi connectivity index (χ4n) is 1.91. The summed E-state index contributed by atoms with van der Waals surface area (Å²) in [6.45, 7) is 4.42. The first kappa shape index (κ1) is 13.1. The average molecular weight is 263 g/mol. The second-order valence-corrected chi connectivity index (χ2v) is 4.21. The van der Waals surface area contributed by atoms with E-state index in [-0.39, 0.29) is 5.69 Å². The summed E-state index contributed by atoms with van der Waals surface area (Å²) in [6.07, 6.45) is 2.42. The number of H-pyrrole nitrogens is 1. The van der Waals surface area contributed by atoms with E-state index in [1.54, 1.807) is 6.20 Å². The Kier molecular flexibility index (Phi) is 3.55. The standard InChI is InChI=1S/C12H17N5O2/c1-4-9-15-10(12(18)19-3)11(13)17(9)6-8-5-14-16-7(8)2/h5H,4,6,13H2,1-3H3,(H,14,16). The predicted molar refractivity (Wildman–Crippen MR) is 69.8 cm³/mol. The highest BCUT2D eigenvalue weighted by atomic mass is 16.5. The van der Waals surface area contributed by atoms with Crippen LogP contribution in [0.5, 0.6) is 0 Å². The number of imidazole rings is 1. The summed E-state index contributed by atoms with van der Waals surface area (Å²) in [4.78, 5) is 15.8. The molecule has 7 nitrogen and oxygen atoms in total. The Labute approximate surface area is 110 Å². The number of nitrogens with zero attached hydrogens (tertiary/aromatic N) is 3. The number of rotatable bonds is 4. The monoisotopic (exact) mass is 263 g/mol. The number of esters is 1. The van der Waals surface area contributed by atoms with E-state index in [1.807, 2.05) is 18.4 Å². The summed E-state index contributed by atoms with van der Waals surface area (Å²) in [5.41, 5.74) is 8.14. The molecule has 0 fully saturated rings. The summed E-state index contributed by atoms with van der Waals surface area (Å²) in [5.74, 6) is 0.553. The molecule has 0 aliphatic carbocycles. The minimum atomic E-state index is -0.519. The summed E-state index contributed by atoms with van der Waals surface area (Å²) in [5, 5.41) is 6.84. The zero-order valence-electron chi connectivity index (χ0n) is 11.2. The molecule has 0 radical (unpaired) electrons. The van der Waals surface area contributed by atoms with Crippen molar-refractivity contribution >= 4 is 11.8 Å². The van der Waals surface area contributed by atoms with Gasteiger partial charge in [-0.05, 0) is 6.92 Å². The van der Waals surface area contributed by atoms with Gasteiger partial charge in [0.1, 0.15) is 11.6 Å². The first-order valence-electron chi connectivity index (χ1n) is 6.00. The van der Waals surface area contributed by atoms with Gasteiger partial charge < -0.3 is 15.0 Å². The van der Waals surface area contributed by atoms with E-state index in [2.05, 4.69) is 19.9 Å². The second-order valence-electron chi connectivity index (χ2n) is 4.21. The quantitative estimate of drug-likeness (QED) is 0.798. The van der Waals surface area contributed by atoms with Crippen molar-refractivity contribution in [2.24, 2.45) is 0 Å². The first-order chi connectivity index (χ1) is 9.08. The van der Waals surface area contributed by atoms with Gasteiger partial charge in [0.2, 0.25) is 0 Å². The number of methoxy groups -OCH3 is 1. The lowest BCUT2D eigenvalue weighted by Crippen LogP contribution is -2.10. The molecule has 2 heterocycles. The number of ether oxygens (including phenoxy) is 1. The van der Waals surface area contributed by atoms with Crippen LogP contribution in [0.1, 0.15) is 34.5 Å². The number of carbonyl (C=O) groups is 1. The third kappa shape index (κ3) is 2.31. The summed E-state index contributed by atoms with van der Waals surface area (Å²) in [7, 11) is 1.31. The number of aryl methyl sites for hydroxylation is 2. The molecule has 0 saturated carbocycles. The Morgan fingerprint density at radius 3 is 2.84 bits per heavy atom. The molecule has 0 aromatic carbocycles. The zero-order chi connectivity index (χ0) is 14.0. The summed E-state index contributed by atoms with van der Waals surface area (Å²) in [6, 6.07) is 0. The molecule has 2 aromatic rings. The van der Waals surface area contributed by atoms with Gasteiger partial charge in [0.25, 0.3) is 0 Å². The van der Waals surface area contributed by atoms with Crippen molar-refractivity contribution in [3.05, 3.63) is 29.0 Å². The Morgan fingerprint density at radius 2 is 2.32 bits per heavy atom. The van der Waals surface area contributed by atoms with Crippen LogP contribution in [-0.4, -0.2) is 32.8 Å². The normalized spacial score (nSPS) is 10.7. The van der Waals surface area contributed by atoms with Gasteiger partial charge in [0.05, 0.1) is 19.9 Å². The molecule has 0 bridgehead atoms. The van der Waals surface area contributed by atoms with E-state index in [1.165, 1.54) is 7.11 Å². The highest BCUT2D eigenvalue weighted by Crippen LogP contribution is 2.19. The van der Waals surface area contributed by atoms with E-state index in [4.69, 9.17) is 5.73 Å². The number of aromatic amines is 1. The third-order valence-corrected chi connectivity index (χ3v) is 3.04. The van der Waals surface area contributed by atoms with Gasteiger partial charge >= 0.3 is 5.97 Å². The van der Waals surface area contributed by atoms with Gasteiger partial charge in [0, 0.05) is 17.7 Å². The number of nitrogens with one attached hydrogen (secondary N) is 1. The van der Waals surface area contributed by atoms with Crippen LogP contribution in [0.25, 0.3) is 0 Å². The van der Waals surface area contributed by atoms with Crippen LogP contribution >= 0.6 is 0 Å². The fraction of sp³-hybridized carbons (Fsp3) is 0.417. The number of hydrogen-bond donors (Lipinski definition) is 2. The maximum Gasteiger partial charge on any atom is 0.360 e. The molecule has 0 spiro atoms. The number of hydrogen-bond acceptors (Lipinski definition) is 5. The van der Waals surface area contributed by atoms with Crippen LogP contribution in [0, 0.1) is 6.92 Å². The van der Waals surface area contributed by atoms with Gasteiger partial charge in [-0.3, -0.25) is 5.10 Å². The van der Waals surface area contributed by atoms with Crippen molar-refractivity contribution < 1.29 is 9.53 Å². The predicted octanol–water partition coefficient (Wildman–Crippen LogP) is 0.894. The van der Waals surface area contributed by atoms with E-state index < -0.39 is 5.97 Å². The van der Waals surface area contributed by atoms with Crippen LogP contribution in [0.4, 0.5) is 5.82 Å². The van der Waals surface area contributed by atoms with Crippen molar-refractivity contribution in [1.29, 1.82) is 0 Å². The van der Waals surface area contributed by atoms with Gasteiger partial charge in [-0.25, -0.2) is 9.78 Å². The number of nitrogen functional groups attached to an aromatic ring is 1. The van der Waals surface area contributed by atoms with Crippen LogP contribution in [-0.2, 0) is 17.7 Å². The molecule has 0 amide bonds. The highest BCUT2D eigenvalue weighted by Gasteiger charge is 2.20. The van der Waals surface area contributed by atoms with Gasteiger partial charge in [-0.15, -0.1) is 0 Å². The topological polar surface area (TPSA) is 98.8 Å². The zero-order valence-corrected chi connectivity index (χ0v) is 11.2. The van der Waals surface area contributed by atoms with Crippen LogP contribution in [0.2, 0.25) is 0 Å². The van der Waals surface area contributed by atoms with Gasteiger partial charge in [0.15, 0.2) is 5.69 Å². The molecular weight excluding hydrogens is 246 g/mol.